The number of hydrogen-bond donors (Lipinski definition) is 2. The van der Waals surface area contributed by atoms with Gasteiger partial charge >= 0.3 is 6.09 Å². The van der Waals surface area contributed by atoms with Crippen molar-refractivity contribution < 1.29 is 23.5 Å². The summed E-state index contributed by atoms with van der Waals surface area (Å²) >= 11 is 0. The van der Waals surface area contributed by atoms with Crippen molar-refractivity contribution in [1.82, 2.24) is 15.2 Å². The number of benzene rings is 1. The highest BCUT2D eigenvalue weighted by atomic mass is 19.1. The maximum absolute atomic E-state index is 14.1. The van der Waals surface area contributed by atoms with Crippen LogP contribution in [0, 0.1) is 19.7 Å². The van der Waals surface area contributed by atoms with Crippen LogP contribution in [-0.2, 0) is 9.53 Å². The predicted molar refractivity (Wildman–Crippen MR) is 134 cm³/mol. The number of fused-ring (bicyclic) bond motifs is 1. The first-order valence-corrected chi connectivity index (χ1v) is 12.0. The molecule has 1 aromatic carbocycles. The molecule has 2 heterocycles. The van der Waals surface area contributed by atoms with Gasteiger partial charge in [0.15, 0.2) is 0 Å². The molecule has 0 radical (unpaired) electrons. The van der Waals surface area contributed by atoms with Crippen LogP contribution in [0.5, 0.6) is 0 Å². The van der Waals surface area contributed by atoms with Crippen LogP contribution in [0.1, 0.15) is 60.1 Å². The Morgan fingerprint density at radius 1 is 1.20 bits per heavy atom. The second kappa shape index (κ2) is 11.3. The molecule has 0 unspecified atom stereocenters. The van der Waals surface area contributed by atoms with Crippen molar-refractivity contribution in [1.29, 1.82) is 0 Å². The van der Waals surface area contributed by atoms with Crippen LogP contribution in [0.15, 0.2) is 18.2 Å². The van der Waals surface area contributed by atoms with Crippen LogP contribution in [0.2, 0.25) is 0 Å². The van der Waals surface area contributed by atoms with E-state index in [0.717, 1.165) is 24.5 Å². The molecule has 2 aromatic rings. The molecular formula is C26H33FN4O4. The topological polar surface area (TPSA) is 94.7 Å². The maximum Gasteiger partial charge on any atom is 0.421 e. The first-order valence-electron chi connectivity index (χ1n) is 12.0. The normalized spacial score (nSPS) is 14.1. The summed E-state index contributed by atoms with van der Waals surface area (Å²) < 4.78 is 19.2. The SMILES string of the molecule is CCCOC(=O)N1C(=O)/C(=C\c2[nH]c(C)c(C(=O)NCCN(CC)CC)c2C)c2cc(F)ccc21. The number of anilines is 1. The molecule has 188 valence electrons. The number of aromatic amines is 1. The van der Waals surface area contributed by atoms with Crippen molar-refractivity contribution in [2.75, 3.05) is 37.7 Å². The fourth-order valence-corrected chi connectivity index (χ4v) is 4.20. The molecule has 1 aliphatic rings. The van der Waals surface area contributed by atoms with Crippen LogP contribution >= 0.6 is 0 Å². The number of halogens is 1. The number of hydrogen-bond acceptors (Lipinski definition) is 5. The molecule has 0 atom stereocenters. The molecule has 0 saturated carbocycles. The molecular weight excluding hydrogens is 451 g/mol. The van der Waals surface area contributed by atoms with Gasteiger partial charge in [-0.3, -0.25) is 9.59 Å². The summed E-state index contributed by atoms with van der Waals surface area (Å²) in [6.45, 7) is 12.8. The first-order chi connectivity index (χ1) is 16.7. The van der Waals surface area contributed by atoms with E-state index in [2.05, 4.69) is 29.0 Å². The number of likely N-dealkylation sites (N-methyl/N-ethyl adjacent to an activating group) is 1. The lowest BCUT2D eigenvalue weighted by molar-refractivity contribution is -0.112. The molecule has 0 aliphatic carbocycles. The number of carbonyl (C=O) groups excluding carboxylic acids is 3. The summed E-state index contributed by atoms with van der Waals surface area (Å²) in [7, 11) is 0. The number of H-pyrrole nitrogens is 1. The van der Waals surface area contributed by atoms with Crippen LogP contribution in [0.25, 0.3) is 11.6 Å². The Balaban J connectivity index is 1.92. The largest absolute Gasteiger partial charge is 0.449 e. The summed E-state index contributed by atoms with van der Waals surface area (Å²) in [5.74, 6) is -1.34. The van der Waals surface area contributed by atoms with E-state index in [1.54, 1.807) is 19.9 Å². The minimum atomic E-state index is -0.805. The number of rotatable bonds is 9. The molecule has 1 aliphatic heterocycles. The van der Waals surface area contributed by atoms with E-state index in [1.807, 2.05) is 6.92 Å². The highest BCUT2D eigenvalue weighted by Gasteiger charge is 2.38. The number of nitrogens with one attached hydrogen (secondary N) is 2. The number of imide groups is 1. The Labute approximate surface area is 205 Å². The Hall–Kier alpha value is -3.46. The average Bonchev–Trinajstić information content (AvgIpc) is 3.26. The van der Waals surface area contributed by atoms with E-state index in [9.17, 15) is 18.8 Å². The molecule has 0 saturated heterocycles. The van der Waals surface area contributed by atoms with Gasteiger partial charge in [-0.1, -0.05) is 20.8 Å². The van der Waals surface area contributed by atoms with Gasteiger partial charge in [-0.15, -0.1) is 0 Å². The number of carbonyl (C=O) groups is 3. The zero-order valence-electron chi connectivity index (χ0n) is 21.0. The van der Waals surface area contributed by atoms with Crippen molar-refractivity contribution in [2.24, 2.45) is 0 Å². The molecule has 8 nitrogen and oxygen atoms in total. The molecule has 3 rings (SSSR count). The summed E-state index contributed by atoms with van der Waals surface area (Å²) in [5, 5.41) is 2.95. The van der Waals surface area contributed by atoms with E-state index in [0.29, 0.717) is 41.0 Å². The van der Waals surface area contributed by atoms with Crippen molar-refractivity contribution >= 4 is 35.2 Å². The van der Waals surface area contributed by atoms with E-state index in [4.69, 9.17) is 4.74 Å². The Kier molecular flexibility index (Phi) is 8.45. The van der Waals surface area contributed by atoms with Crippen LogP contribution < -0.4 is 10.2 Å². The third-order valence-corrected chi connectivity index (χ3v) is 6.14. The third kappa shape index (κ3) is 5.45. The summed E-state index contributed by atoms with van der Waals surface area (Å²) in [6, 6.07) is 3.80. The molecule has 0 fully saturated rings. The van der Waals surface area contributed by atoms with Crippen LogP contribution in [-0.4, -0.2) is 60.6 Å². The Bertz CT molecular complexity index is 1150. The Morgan fingerprint density at radius 3 is 2.57 bits per heavy atom. The lowest BCUT2D eigenvalue weighted by Gasteiger charge is -2.18. The maximum atomic E-state index is 14.1. The van der Waals surface area contributed by atoms with Gasteiger partial charge in [0.1, 0.15) is 5.82 Å². The van der Waals surface area contributed by atoms with Crippen LogP contribution in [0.3, 0.4) is 0 Å². The highest BCUT2D eigenvalue weighted by molar-refractivity contribution is 6.41. The first kappa shape index (κ1) is 26.2. The summed E-state index contributed by atoms with van der Waals surface area (Å²) in [4.78, 5) is 45.0. The fraction of sp³-hybridized carbons (Fsp3) is 0.423. The van der Waals surface area contributed by atoms with Gasteiger partial charge in [0.2, 0.25) is 0 Å². The van der Waals surface area contributed by atoms with Gasteiger partial charge in [-0.2, -0.15) is 0 Å². The number of nitrogens with zero attached hydrogens (tertiary/aromatic N) is 2. The van der Waals surface area contributed by atoms with E-state index >= 15 is 0 Å². The quantitative estimate of drug-likeness (QED) is 0.518. The standard InChI is InChI=1S/C26H33FN4O4/c1-6-13-35-26(34)31-22-10-9-18(27)14-19(22)20(25(31)33)15-21-16(4)23(17(5)29-21)24(32)28-11-12-30(7-2)8-3/h9-10,14-15,29H,6-8,11-13H2,1-5H3,(H,28,32)/b20-15-. The summed E-state index contributed by atoms with van der Waals surface area (Å²) in [6.07, 6.45) is 1.36. The van der Waals surface area contributed by atoms with Gasteiger partial charge in [0, 0.05) is 30.0 Å². The molecule has 0 spiro atoms. The predicted octanol–water partition coefficient (Wildman–Crippen LogP) is 4.28. The van der Waals surface area contributed by atoms with Crippen molar-refractivity contribution in [3.8, 4) is 0 Å². The van der Waals surface area contributed by atoms with Crippen molar-refractivity contribution in [3.63, 3.8) is 0 Å². The number of aryl methyl sites for hydroxylation is 1. The van der Waals surface area contributed by atoms with Crippen LogP contribution in [0.4, 0.5) is 14.9 Å². The minimum Gasteiger partial charge on any atom is -0.449 e. The molecule has 35 heavy (non-hydrogen) atoms. The smallest absolute Gasteiger partial charge is 0.421 e. The van der Waals surface area contributed by atoms with E-state index < -0.39 is 17.8 Å². The van der Waals surface area contributed by atoms with E-state index in [1.165, 1.54) is 18.2 Å². The van der Waals surface area contributed by atoms with E-state index in [-0.39, 0.29) is 23.8 Å². The molecule has 0 bridgehead atoms. The number of ether oxygens (including phenoxy) is 1. The Morgan fingerprint density at radius 2 is 1.91 bits per heavy atom. The molecule has 9 heteroatoms. The van der Waals surface area contributed by atoms with Gasteiger partial charge in [-0.05, 0) is 63.2 Å². The zero-order valence-corrected chi connectivity index (χ0v) is 21.0. The van der Waals surface area contributed by atoms with Gasteiger partial charge in [-0.25, -0.2) is 14.1 Å². The average molecular weight is 485 g/mol. The number of amides is 3. The number of aromatic nitrogens is 1. The van der Waals surface area contributed by atoms with Crippen molar-refractivity contribution in [3.05, 3.63) is 52.1 Å². The van der Waals surface area contributed by atoms with Gasteiger partial charge < -0.3 is 19.9 Å². The molecule has 2 N–H and O–H groups in total. The second-order valence-electron chi connectivity index (χ2n) is 8.42. The van der Waals surface area contributed by atoms with Crippen molar-refractivity contribution in [2.45, 2.75) is 41.0 Å². The second-order valence-corrected chi connectivity index (χ2v) is 8.42. The highest BCUT2D eigenvalue weighted by Crippen LogP contribution is 2.39. The monoisotopic (exact) mass is 484 g/mol. The lowest BCUT2D eigenvalue weighted by Crippen LogP contribution is -2.35. The fourth-order valence-electron chi connectivity index (χ4n) is 4.20. The lowest BCUT2D eigenvalue weighted by atomic mass is 10.0. The molecule has 3 amide bonds. The van der Waals surface area contributed by atoms with Gasteiger partial charge in [0.25, 0.3) is 11.8 Å². The van der Waals surface area contributed by atoms with Gasteiger partial charge in [0.05, 0.1) is 23.4 Å². The minimum absolute atomic E-state index is 0.144. The summed E-state index contributed by atoms with van der Waals surface area (Å²) in [5.41, 5.74) is 3.05. The zero-order chi connectivity index (χ0) is 25.7. The molecule has 1 aromatic heterocycles. The third-order valence-electron chi connectivity index (χ3n) is 6.14.